The molecule has 0 aromatic heterocycles. The van der Waals surface area contributed by atoms with Gasteiger partial charge in [0.25, 0.3) is 0 Å². The van der Waals surface area contributed by atoms with Crippen LogP contribution in [0.1, 0.15) is 26.2 Å². The van der Waals surface area contributed by atoms with Gasteiger partial charge in [-0.05, 0) is 32.1 Å². The first-order chi connectivity index (χ1) is 8.65. The maximum atomic E-state index is 10.9. The lowest BCUT2D eigenvalue weighted by Gasteiger charge is -2.87. The zero-order valence-electron chi connectivity index (χ0n) is 10.7. The molecule has 0 aromatic rings. The summed E-state index contributed by atoms with van der Waals surface area (Å²) in [6.07, 6.45) is -0.956. The van der Waals surface area contributed by atoms with Gasteiger partial charge in [-0.25, -0.2) is 0 Å². The lowest BCUT2D eigenvalue weighted by atomic mass is 9.22. The van der Waals surface area contributed by atoms with Gasteiger partial charge in [-0.15, -0.1) is 0 Å². The van der Waals surface area contributed by atoms with Gasteiger partial charge in [0.15, 0.2) is 0 Å². The summed E-state index contributed by atoms with van der Waals surface area (Å²) in [5, 5.41) is 62.2. The maximum Gasteiger partial charge on any atom is 0.131 e. The fourth-order valence-corrected chi connectivity index (χ4v) is 5.70. The molecule has 9 unspecified atom stereocenters. The second-order valence-electron chi connectivity index (χ2n) is 7.09. The predicted octanol–water partition coefficient (Wildman–Crippen LogP) is -2.27. The van der Waals surface area contributed by atoms with Crippen LogP contribution in [0.4, 0.5) is 0 Å². The van der Waals surface area contributed by atoms with E-state index in [2.05, 4.69) is 0 Å². The summed E-state index contributed by atoms with van der Waals surface area (Å²) in [6.45, 7) is 1.29. The van der Waals surface area contributed by atoms with Crippen molar-refractivity contribution in [2.24, 2.45) is 17.8 Å². The molecular formula is C13H20O6. The van der Waals surface area contributed by atoms with Crippen molar-refractivity contribution in [3.63, 3.8) is 0 Å². The summed E-state index contributed by atoms with van der Waals surface area (Å²) in [6, 6.07) is 0. The monoisotopic (exact) mass is 272 g/mol. The third kappa shape index (κ3) is 0.811. The first-order valence-corrected chi connectivity index (χ1v) is 6.90. The molecule has 4 rings (SSSR count). The van der Waals surface area contributed by atoms with Crippen LogP contribution in [0.2, 0.25) is 0 Å². The number of fused-ring (bicyclic) bond motifs is 7. The number of hydrogen-bond donors (Lipinski definition) is 6. The molecule has 108 valence electrons. The van der Waals surface area contributed by atoms with Crippen LogP contribution in [0.3, 0.4) is 0 Å². The van der Waals surface area contributed by atoms with Gasteiger partial charge in [-0.1, -0.05) is 0 Å². The zero-order chi connectivity index (χ0) is 14.0. The van der Waals surface area contributed by atoms with Crippen molar-refractivity contribution in [3.05, 3.63) is 0 Å². The summed E-state index contributed by atoms with van der Waals surface area (Å²) >= 11 is 0. The van der Waals surface area contributed by atoms with Gasteiger partial charge in [-0.2, -0.15) is 0 Å². The van der Waals surface area contributed by atoms with Crippen molar-refractivity contribution < 1.29 is 30.6 Å². The highest BCUT2D eigenvalue weighted by Crippen LogP contribution is 2.80. The van der Waals surface area contributed by atoms with Crippen LogP contribution in [0.25, 0.3) is 0 Å². The Bertz CT molecular complexity index is 466. The molecule has 0 saturated heterocycles. The van der Waals surface area contributed by atoms with Crippen LogP contribution < -0.4 is 0 Å². The summed E-state index contributed by atoms with van der Waals surface area (Å²) in [7, 11) is 0. The molecule has 4 fully saturated rings. The minimum Gasteiger partial charge on any atom is -0.390 e. The number of hydrogen-bond acceptors (Lipinski definition) is 6. The van der Waals surface area contributed by atoms with Crippen molar-refractivity contribution in [2.75, 3.05) is 0 Å². The molecule has 4 aliphatic carbocycles. The van der Waals surface area contributed by atoms with E-state index in [0.717, 1.165) is 0 Å². The lowest BCUT2D eigenvalue weighted by molar-refractivity contribution is -0.528. The molecule has 0 bridgehead atoms. The Kier molecular flexibility index (Phi) is 1.88. The predicted molar refractivity (Wildman–Crippen MR) is 61.8 cm³/mol. The van der Waals surface area contributed by atoms with Gasteiger partial charge >= 0.3 is 0 Å². The third-order valence-corrected chi connectivity index (χ3v) is 6.80. The van der Waals surface area contributed by atoms with Crippen molar-refractivity contribution in [1.29, 1.82) is 0 Å². The van der Waals surface area contributed by atoms with E-state index in [1.54, 1.807) is 0 Å². The molecule has 0 spiro atoms. The molecule has 6 heteroatoms. The van der Waals surface area contributed by atoms with E-state index in [1.807, 2.05) is 0 Å². The second kappa shape index (κ2) is 2.86. The van der Waals surface area contributed by atoms with Crippen molar-refractivity contribution in [2.45, 2.75) is 60.8 Å². The summed E-state index contributed by atoms with van der Waals surface area (Å²) in [4.78, 5) is 0. The third-order valence-electron chi connectivity index (χ3n) is 6.80. The van der Waals surface area contributed by atoms with Crippen LogP contribution in [0, 0.1) is 17.8 Å². The van der Waals surface area contributed by atoms with Crippen molar-refractivity contribution in [3.8, 4) is 0 Å². The van der Waals surface area contributed by atoms with Gasteiger partial charge < -0.3 is 30.6 Å². The van der Waals surface area contributed by atoms with Gasteiger partial charge in [0.1, 0.15) is 22.4 Å². The Labute approximate surface area is 110 Å². The minimum atomic E-state index is -1.96. The summed E-state index contributed by atoms with van der Waals surface area (Å²) in [5.41, 5.74) is -7.52. The van der Waals surface area contributed by atoms with E-state index >= 15 is 0 Å². The lowest BCUT2D eigenvalue weighted by Crippen LogP contribution is -3.04. The van der Waals surface area contributed by atoms with Gasteiger partial charge in [0.05, 0.1) is 12.2 Å². The van der Waals surface area contributed by atoms with E-state index in [9.17, 15) is 30.6 Å². The van der Waals surface area contributed by atoms with E-state index < -0.39 is 34.6 Å². The Morgan fingerprint density at radius 1 is 0.842 bits per heavy atom. The number of aliphatic hydroxyl groups excluding tert-OH is 2. The normalized spacial score (nSPS) is 73.7. The fourth-order valence-electron chi connectivity index (χ4n) is 5.70. The number of aliphatic hydroxyl groups is 6. The standard InChI is InChI=1S/C13H20O6/c1-10(16)7(14)3-2-5-9-6-4-8(15)11(6,17)13(9,19)12(5,10)18/h5-9,14-19H,2-4H2,1H3. The molecule has 0 radical (unpaired) electrons. The van der Waals surface area contributed by atoms with E-state index in [4.69, 9.17) is 0 Å². The van der Waals surface area contributed by atoms with Crippen LogP contribution >= 0.6 is 0 Å². The average Bonchev–Trinajstić information content (AvgIpc) is 2.36. The van der Waals surface area contributed by atoms with E-state index in [0.29, 0.717) is 19.3 Å². The maximum absolute atomic E-state index is 10.9. The minimum absolute atomic E-state index is 0.219. The molecule has 0 amide bonds. The second-order valence-corrected chi connectivity index (χ2v) is 7.09. The molecule has 4 saturated carbocycles. The molecule has 0 aliphatic heterocycles. The fraction of sp³-hybridized carbons (Fsp3) is 1.00. The Morgan fingerprint density at radius 3 is 2.05 bits per heavy atom. The molecule has 4 aliphatic rings. The molecule has 0 heterocycles. The van der Waals surface area contributed by atoms with Crippen molar-refractivity contribution in [1.82, 2.24) is 0 Å². The van der Waals surface area contributed by atoms with Crippen molar-refractivity contribution >= 4 is 0 Å². The van der Waals surface area contributed by atoms with Crippen LogP contribution in [0.15, 0.2) is 0 Å². The van der Waals surface area contributed by atoms with Gasteiger partial charge in [0.2, 0.25) is 0 Å². The highest BCUT2D eigenvalue weighted by molar-refractivity contribution is 5.46. The summed E-state index contributed by atoms with van der Waals surface area (Å²) in [5.74, 6) is -0.859. The Balaban J connectivity index is 1.82. The van der Waals surface area contributed by atoms with Gasteiger partial charge in [-0.3, -0.25) is 0 Å². The summed E-state index contributed by atoms with van der Waals surface area (Å²) < 4.78 is 0. The largest absolute Gasteiger partial charge is 0.390 e. The molecule has 6 nitrogen and oxygen atoms in total. The molecule has 6 N–H and O–H groups in total. The van der Waals surface area contributed by atoms with Crippen LogP contribution in [-0.4, -0.2) is 65.3 Å². The first-order valence-electron chi connectivity index (χ1n) is 6.90. The van der Waals surface area contributed by atoms with E-state index in [-0.39, 0.29) is 17.8 Å². The SMILES string of the molecule is CC1(O)C(O)CCC2C3C4CC(O)C4(O)C3(O)C21O. The molecule has 19 heavy (non-hydrogen) atoms. The van der Waals surface area contributed by atoms with E-state index in [1.165, 1.54) is 6.92 Å². The highest BCUT2D eigenvalue weighted by Gasteiger charge is 2.96. The van der Waals surface area contributed by atoms with Crippen LogP contribution in [0.5, 0.6) is 0 Å². The first kappa shape index (κ1) is 12.5. The Hall–Kier alpha value is -0.240. The smallest absolute Gasteiger partial charge is 0.131 e. The quantitative estimate of drug-likeness (QED) is 0.296. The molecule has 9 atom stereocenters. The topological polar surface area (TPSA) is 121 Å². The van der Waals surface area contributed by atoms with Crippen LogP contribution in [-0.2, 0) is 0 Å². The van der Waals surface area contributed by atoms with Gasteiger partial charge in [0, 0.05) is 11.8 Å². The average molecular weight is 272 g/mol. The zero-order valence-corrected chi connectivity index (χ0v) is 10.7. The highest BCUT2D eigenvalue weighted by atomic mass is 16.4. The number of rotatable bonds is 0. The molecular weight excluding hydrogens is 252 g/mol. The molecule has 0 aromatic carbocycles. The Morgan fingerprint density at radius 2 is 1.47 bits per heavy atom.